The number of alkyl halides is 3. The van der Waals surface area contributed by atoms with Crippen LogP contribution in [0.2, 0.25) is 0 Å². The Morgan fingerprint density at radius 3 is 2.41 bits per heavy atom. The van der Waals surface area contributed by atoms with Crippen molar-refractivity contribution in [1.82, 2.24) is 14.5 Å². The number of aromatic nitrogens is 3. The lowest BCUT2D eigenvalue weighted by Crippen LogP contribution is -2.29. The average Bonchev–Trinajstić information content (AvgIpc) is 2.78. The second kappa shape index (κ2) is 8.45. The summed E-state index contributed by atoms with van der Waals surface area (Å²) in [6, 6.07) is 17.2. The fourth-order valence-electron chi connectivity index (χ4n) is 3.83. The second-order valence-corrected chi connectivity index (χ2v) is 7.40. The van der Waals surface area contributed by atoms with Gasteiger partial charge in [-0.2, -0.15) is 13.2 Å². The van der Waals surface area contributed by atoms with Crippen molar-refractivity contribution in [2.45, 2.75) is 25.6 Å². The Kier molecular flexibility index (Phi) is 5.69. The summed E-state index contributed by atoms with van der Waals surface area (Å²) in [5.74, 6) is 0.701. The average molecular weight is 439 g/mol. The molecule has 0 aliphatic heterocycles. The number of ether oxygens (including phenoxy) is 1. The van der Waals surface area contributed by atoms with Crippen LogP contribution >= 0.6 is 0 Å². The minimum Gasteiger partial charge on any atom is -0.496 e. The molecule has 0 saturated carbocycles. The maximum atomic E-state index is 13.7. The van der Waals surface area contributed by atoms with Gasteiger partial charge in [0.15, 0.2) is 5.69 Å². The van der Waals surface area contributed by atoms with Gasteiger partial charge in [-0.15, -0.1) is 0 Å². The van der Waals surface area contributed by atoms with Gasteiger partial charge in [-0.05, 0) is 37.1 Å². The fraction of sp³-hybridized carbons (Fsp3) is 0.208. The van der Waals surface area contributed by atoms with E-state index in [9.17, 15) is 18.0 Å². The number of methoxy groups -OCH3 is 1. The molecule has 164 valence electrons. The van der Waals surface area contributed by atoms with Gasteiger partial charge in [0.25, 0.3) is 5.56 Å². The molecule has 1 atom stereocenters. The van der Waals surface area contributed by atoms with E-state index in [1.165, 1.54) is 17.7 Å². The largest absolute Gasteiger partial charge is 0.496 e. The van der Waals surface area contributed by atoms with Crippen LogP contribution in [0.15, 0.2) is 71.7 Å². The smallest absolute Gasteiger partial charge is 0.434 e. The molecule has 0 spiro atoms. The van der Waals surface area contributed by atoms with Crippen molar-refractivity contribution >= 4 is 10.9 Å². The molecule has 4 aromatic rings. The first kappa shape index (κ1) is 21.5. The Bertz CT molecular complexity index is 1320. The number of nitrogens with zero attached hydrogens (tertiary/aromatic N) is 3. The molecule has 0 saturated heterocycles. The van der Waals surface area contributed by atoms with Gasteiger partial charge in [-0.1, -0.05) is 42.5 Å². The van der Waals surface area contributed by atoms with Crippen LogP contribution in [-0.2, 0) is 12.6 Å². The Morgan fingerprint density at radius 2 is 1.72 bits per heavy atom. The Balaban J connectivity index is 2.03. The van der Waals surface area contributed by atoms with E-state index in [1.54, 1.807) is 31.2 Å². The molecule has 0 radical (unpaired) electrons. The maximum absolute atomic E-state index is 13.7. The first-order valence-electron chi connectivity index (χ1n) is 9.97. The van der Waals surface area contributed by atoms with E-state index in [0.29, 0.717) is 17.7 Å². The number of hydrogen-bond donors (Lipinski definition) is 0. The summed E-state index contributed by atoms with van der Waals surface area (Å²) in [4.78, 5) is 21.5. The second-order valence-electron chi connectivity index (χ2n) is 7.40. The van der Waals surface area contributed by atoms with Crippen LogP contribution in [0.4, 0.5) is 13.2 Å². The summed E-state index contributed by atoms with van der Waals surface area (Å²) in [5, 5.41) is -0.543. The molecule has 5 nitrogen and oxygen atoms in total. The Morgan fingerprint density at radius 1 is 1.03 bits per heavy atom. The summed E-state index contributed by atoms with van der Waals surface area (Å²) < 4.78 is 47.7. The lowest BCUT2D eigenvalue weighted by Gasteiger charge is -2.22. The van der Waals surface area contributed by atoms with Crippen LogP contribution in [0.3, 0.4) is 0 Å². The molecular formula is C24H20F3N3O2. The van der Waals surface area contributed by atoms with Crippen LogP contribution in [-0.4, -0.2) is 21.6 Å². The highest BCUT2D eigenvalue weighted by Crippen LogP contribution is 2.34. The molecule has 0 aliphatic rings. The predicted molar refractivity (Wildman–Crippen MR) is 116 cm³/mol. The predicted octanol–water partition coefficient (Wildman–Crippen LogP) is 5.29. The van der Waals surface area contributed by atoms with Gasteiger partial charge in [0.2, 0.25) is 0 Å². The monoisotopic (exact) mass is 439 g/mol. The number of fused-ring (bicyclic) bond motifs is 1. The molecule has 0 bridgehead atoms. The van der Waals surface area contributed by atoms with Crippen molar-refractivity contribution in [3.05, 3.63) is 88.5 Å². The first-order valence-corrected chi connectivity index (χ1v) is 9.97. The molecule has 0 aliphatic carbocycles. The van der Waals surface area contributed by atoms with Gasteiger partial charge in [-0.25, -0.2) is 4.98 Å². The number of hydrogen-bond acceptors (Lipinski definition) is 4. The van der Waals surface area contributed by atoms with E-state index in [-0.39, 0.29) is 11.3 Å². The highest BCUT2D eigenvalue weighted by Gasteiger charge is 2.37. The van der Waals surface area contributed by atoms with Crippen molar-refractivity contribution in [3.63, 3.8) is 0 Å². The summed E-state index contributed by atoms with van der Waals surface area (Å²) in [6.07, 6.45) is -3.34. The lowest BCUT2D eigenvalue weighted by molar-refractivity contribution is -0.139. The number of pyridine rings is 1. The molecule has 0 N–H and O–H groups in total. The molecule has 0 amide bonds. The quantitative estimate of drug-likeness (QED) is 0.424. The molecule has 4 rings (SSSR count). The normalized spacial score (nSPS) is 12.7. The third-order valence-corrected chi connectivity index (χ3v) is 5.25. The van der Waals surface area contributed by atoms with E-state index in [2.05, 4.69) is 9.97 Å². The molecule has 2 aromatic heterocycles. The topological polar surface area (TPSA) is 57.0 Å². The van der Waals surface area contributed by atoms with Gasteiger partial charge >= 0.3 is 6.18 Å². The van der Waals surface area contributed by atoms with Crippen LogP contribution in [0.5, 0.6) is 5.75 Å². The SMILES string of the molecule is COc1ccccc1-c1nc2ccnc(C(F)(F)F)c2c(=O)n1[C@@H](C)Cc1ccccc1. The van der Waals surface area contributed by atoms with Crippen LogP contribution in [0.1, 0.15) is 24.2 Å². The Hall–Kier alpha value is -3.68. The zero-order chi connectivity index (χ0) is 22.9. The number of para-hydroxylation sites is 1. The van der Waals surface area contributed by atoms with E-state index in [1.807, 2.05) is 30.3 Å². The fourth-order valence-corrected chi connectivity index (χ4v) is 3.83. The third-order valence-electron chi connectivity index (χ3n) is 5.25. The molecule has 0 unspecified atom stereocenters. The highest BCUT2D eigenvalue weighted by molar-refractivity contribution is 5.83. The van der Waals surface area contributed by atoms with Gasteiger partial charge < -0.3 is 4.74 Å². The van der Waals surface area contributed by atoms with Crippen LogP contribution in [0, 0.1) is 0 Å². The standard InChI is InChI=1S/C24H20F3N3O2/c1-15(14-16-8-4-3-5-9-16)30-22(17-10-6-7-11-19(17)32-2)29-18-12-13-28-21(24(25,26)27)20(18)23(30)31/h3-13,15H,14H2,1-2H3/t15-/m0/s1. The van der Waals surface area contributed by atoms with Crippen LogP contribution < -0.4 is 10.3 Å². The molecule has 2 heterocycles. The first-order chi connectivity index (χ1) is 15.3. The molecule has 0 fully saturated rings. The van der Waals surface area contributed by atoms with E-state index < -0.39 is 28.9 Å². The zero-order valence-corrected chi connectivity index (χ0v) is 17.4. The van der Waals surface area contributed by atoms with Gasteiger partial charge in [0.1, 0.15) is 11.6 Å². The number of halogens is 3. The summed E-state index contributed by atoms with van der Waals surface area (Å²) >= 11 is 0. The minimum absolute atomic E-state index is 0.0682. The van der Waals surface area contributed by atoms with Crippen molar-refractivity contribution in [3.8, 4) is 17.1 Å². The molecule has 2 aromatic carbocycles. The highest BCUT2D eigenvalue weighted by atomic mass is 19.4. The van der Waals surface area contributed by atoms with Crippen molar-refractivity contribution in [2.75, 3.05) is 7.11 Å². The Labute approximate surface area is 182 Å². The molecule has 8 heteroatoms. The molecular weight excluding hydrogens is 419 g/mol. The van der Waals surface area contributed by atoms with Gasteiger partial charge in [-0.3, -0.25) is 14.3 Å². The van der Waals surface area contributed by atoms with E-state index >= 15 is 0 Å². The van der Waals surface area contributed by atoms with Crippen LogP contribution in [0.25, 0.3) is 22.3 Å². The van der Waals surface area contributed by atoms with Gasteiger partial charge in [0, 0.05) is 12.2 Å². The van der Waals surface area contributed by atoms with Crippen molar-refractivity contribution in [2.24, 2.45) is 0 Å². The lowest BCUT2D eigenvalue weighted by atomic mass is 10.1. The third kappa shape index (κ3) is 3.95. The number of rotatable bonds is 5. The van der Waals surface area contributed by atoms with E-state index in [0.717, 1.165) is 11.8 Å². The van der Waals surface area contributed by atoms with Gasteiger partial charge in [0.05, 0.1) is 23.6 Å². The van der Waals surface area contributed by atoms with E-state index in [4.69, 9.17) is 4.74 Å². The van der Waals surface area contributed by atoms with Crippen molar-refractivity contribution in [1.29, 1.82) is 0 Å². The summed E-state index contributed by atoms with van der Waals surface area (Å²) in [7, 11) is 1.49. The number of benzene rings is 2. The summed E-state index contributed by atoms with van der Waals surface area (Å²) in [5.41, 5.74) is -0.639. The zero-order valence-electron chi connectivity index (χ0n) is 17.4. The minimum atomic E-state index is -4.78. The molecule has 32 heavy (non-hydrogen) atoms. The summed E-state index contributed by atoms with van der Waals surface area (Å²) in [6.45, 7) is 1.78. The van der Waals surface area contributed by atoms with Crippen molar-refractivity contribution < 1.29 is 17.9 Å². The maximum Gasteiger partial charge on any atom is 0.434 e.